The van der Waals surface area contributed by atoms with Gasteiger partial charge in [-0.2, -0.15) is 0 Å². The number of nitrogen functional groups attached to an aromatic ring is 1. The van der Waals surface area contributed by atoms with Crippen LogP contribution in [-0.2, 0) is 24.2 Å². The Bertz CT molecular complexity index is 364. The Hall–Kier alpha value is -1.20. The number of fused-ring (bicyclic) bond motifs is 1. The highest BCUT2D eigenvalue weighted by molar-refractivity contribution is 5.46. The highest BCUT2D eigenvalue weighted by atomic mass is 16.5. The minimum Gasteiger partial charge on any atom is -0.373 e. The summed E-state index contributed by atoms with van der Waals surface area (Å²) in [7, 11) is 0. The van der Waals surface area contributed by atoms with Crippen molar-refractivity contribution in [3.63, 3.8) is 0 Å². The molecule has 0 aromatic carbocycles. The number of rotatable bonds is 5. The number of nitrogens with one attached hydrogen (secondary N) is 1. The largest absolute Gasteiger partial charge is 0.373 e. The van der Waals surface area contributed by atoms with E-state index >= 15 is 0 Å². The van der Waals surface area contributed by atoms with Crippen molar-refractivity contribution in [2.24, 2.45) is 5.84 Å². The topological polar surface area (TPSA) is 73.1 Å². The van der Waals surface area contributed by atoms with E-state index in [0.717, 1.165) is 43.2 Å². The van der Waals surface area contributed by atoms with Gasteiger partial charge in [0.25, 0.3) is 0 Å². The number of anilines is 1. The number of hydrazine groups is 1. The third-order valence-electron chi connectivity index (χ3n) is 2.95. The lowest BCUT2D eigenvalue weighted by atomic mass is 9.96. The second kappa shape index (κ2) is 5.93. The molecule has 1 aromatic heterocycles. The van der Waals surface area contributed by atoms with E-state index in [1.54, 1.807) is 0 Å². The molecule has 5 nitrogen and oxygen atoms in total. The molecule has 0 bridgehead atoms. The summed E-state index contributed by atoms with van der Waals surface area (Å²) in [6, 6.07) is 0. The summed E-state index contributed by atoms with van der Waals surface area (Å²) in [5.41, 5.74) is 4.99. The molecule has 5 heteroatoms. The summed E-state index contributed by atoms with van der Waals surface area (Å²) in [4.78, 5) is 8.97. The predicted molar refractivity (Wildman–Crippen MR) is 66.4 cm³/mol. The number of nitrogens with two attached hydrogens (primary N) is 1. The van der Waals surface area contributed by atoms with Gasteiger partial charge in [0.15, 0.2) is 5.82 Å². The smallest absolute Gasteiger partial charge is 0.156 e. The normalized spacial score (nSPS) is 14.5. The molecule has 0 spiro atoms. The Morgan fingerprint density at radius 1 is 1.29 bits per heavy atom. The molecule has 2 rings (SSSR count). The average molecular weight is 236 g/mol. The van der Waals surface area contributed by atoms with Crippen LogP contribution in [-0.4, -0.2) is 16.6 Å². The second-order valence-corrected chi connectivity index (χ2v) is 4.32. The lowest BCUT2D eigenvalue weighted by Crippen LogP contribution is -2.18. The first-order valence-electron chi connectivity index (χ1n) is 6.28. The van der Waals surface area contributed by atoms with E-state index in [2.05, 4.69) is 22.3 Å². The summed E-state index contributed by atoms with van der Waals surface area (Å²) in [6.07, 6.45) is 5.44. The number of hydrogen-bond acceptors (Lipinski definition) is 5. The van der Waals surface area contributed by atoms with Crippen molar-refractivity contribution in [2.75, 3.05) is 12.0 Å². The summed E-state index contributed by atoms with van der Waals surface area (Å²) >= 11 is 0. The zero-order chi connectivity index (χ0) is 12.1. The molecule has 94 valence electrons. The third kappa shape index (κ3) is 2.92. The minimum atomic E-state index is 0.468. The number of hydrogen-bond donors (Lipinski definition) is 2. The van der Waals surface area contributed by atoms with Crippen LogP contribution in [0.2, 0.25) is 0 Å². The molecule has 0 fully saturated rings. The molecule has 1 aliphatic carbocycles. The van der Waals surface area contributed by atoms with Gasteiger partial charge in [0.05, 0.1) is 0 Å². The fourth-order valence-corrected chi connectivity index (χ4v) is 2.14. The molecule has 1 aliphatic rings. The lowest BCUT2D eigenvalue weighted by molar-refractivity contribution is 0.116. The minimum absolute atomic E-state index is 0.468. The van der Waals surface area contributed by atoms with Gasteiger partial charge in [0, 0.05) is 17.9 Å². The first kappa shape index (κ1) is 12.3. The van der Waals surface area contributed by atoms with Crippen LogP contribution in [0.1, 0.15) is 43.3 Å². The maximum atomic E-state index is 5.52. The molecule has 0 atom stereocenters. The number of nitrogens with zero attached hydrogens (tertiary/aromatic N) is 2. The highest BCUT2D eigenvalue weighted by Crippen LogP contribution is 2.24. The van der Waals surface area contributed by atoms with Gasteiger partial charge in [-0.15, -0.1) is 0 Å². The van der Waals surface area contributed by atoms with E-state index in [0.29, 0.717) is 6.61 Å². The first-order valence-corrected chi connectivity index (χ1v) is 6.28. The Labute approximate surface area is 102 Å². The van der Waals surface area contributed by atoms with Gasteiger partial charge in [-0.3, -0.25) is 0 Å². The summed E-state index contributed by atoms with van der Waals surface area (Å²) in [6.45, 7) is 3.29. The van der Waals surface area contributed by atoms with Crippen LogP contribution >= 0.6 is 0 Å². The van der Waals surface area contributed by atoms with Crippen LogP contribution in [0.5, 0.6) is 0 Å². The van der Waals surface area contributed by atoms with Crippen LogP contribution in [0.15, 0.2) is 0 Å². The molecular formula is C12H20N4O. The fourth-order valence-electron chi connectivity index (χ4n) is 2.14. The van der Waals surface area contributed by atoms with E-state index in [9.17, 15) is 0 Å². The van der Waals surface area contributed by atoms with Crippen LogP contribution in [0.3, 0.4) is 0 Å². The van der Waals surface area contributed by atoms with Gasteiger partial charge < -0.3 is 10.2 Å². The summed E-state index contributed by atoms with van der Waals surface area (Å²) in [5, 5.41) is 0. The molecule has 1 aromatic rings. The first-order chi connectivity index (χ1) is 8.35. The van der Waals surface area contributed by atoms with Crippen molar-refractivity contribution < 1.29 is 4.74 Å². The molecule has 1 heterocycles. The third-order valence-corrected chi connectivity index (χ3v) is 2.95. The second-order valence-electron chi connectivity index (χ2n) is 4.32. The Kier molecular flexibility index (Phi) is 4.28. The van der Waals surface area contributed by atoms with Crippen molar-refractivity contribution in [1.82, 2.24) is 9.97 Å². The van der Waals surface area contributed by atoms with Gasteiger partial charge in [0.1, 0.15) is 12.4 Å². The molecule has 0 amide bonds. The predicted octanol–water partition coefficient (Wildman–Crippen LogP) is 1.57. The molecular weight excluding hydrogens is 216 g/mol. The molecule has 0 saturated heterocycles. The van der Waals surface area contributed by atoms with Crippen molar-refractivity contribution in [1.29, 1.82) is 0 Å². The van der Waals surface area contributed by atoms with Gasteiger partial charge in [-0.1, -0.05) is 6.92 Å². The average Bonchev–Trinajstić information content (AvgIpc) is 2.38. The summed E-state index contributed by atoms with van der Waals surface area (Å²) < 4.78 is 5.47. The number of ether oxygens (including phenoxy) is 1. The van der Waals surface area contributed by atoms with E-state index < -0.39 is 0 Å². The number of aromatic nitrogens is 2. The fraction of sp³-hybridized carbons (Fsp3) is 0.667. The van der Waals surface area contributed by atoms with Crippen molar-refractivity contribution in [3.05, 3.63) is 17.1 Å². The zero-order valence-electron chi connectivity index (χ0n) is 10.3. The highest BCUT2D eigenvalue weighted by Gasteiger charge is 2.17. The Balaban J connectivity index is 2.17. The van der Waals surface area contributed by atoms with Crippen molar-refractivity contribution >= 4 is 5.82 Å². The Morgan fingerprint density at radius 2 is 2.12 bits per heavy atom. The zero-order valence-corrected chi connectivity index (χ0v) is 10.3. The molecule has 3 N–H and O–H groups in total. The lowest BCUT2D eigenvalue weighted by Gasteiger charge is -2.18. The van der Waals surface area contributed by atoms with Crippen LogP contribution in [0.4, 0.5) is 5.82 Å². The van der Waals surface area contributed by atoms with Gasteiger partial charge in [0.2, 0.25) is 0 Å². The molecule has 0 radical (unpaired) electrons. The molecule has 0 aliphatic heterocycles. The standard InChI is InChI=1S/C12H20N4O/c1-2-7-17-8-11-14-10-6-4-3-5-9(10)12(15-11)16-13/h2-8,13H2,1H3,(H,14,15,16). The van der Waals surface area contributed by atoms with Crippen LogP contribution in [0.25, 0.3) is 0 Å². The maximum Gasteiger partial charge on any atom is 0.156 e. The maximum absolute atomic E-state index is 5.52. The SMILES string of the molecule is CCCOCc1nc2c(c(NN)n1)CCCC2. The van der Waals surface area contributed by atoms with Gasteiger partial charge in [-0.05, 0) is 32.1 Å². The molecule has 17 heavy (non-hydrogen) atoms. The number of aryl methyl sites for hydroxylation is 1. The molecule has 0 saturated carbocycles. The van der Waals surface area contributed by atoms with Crippen LogP contribution in [0, 0.1) is 0 Å². The molecule has 0 unspecified atom stereocenters. The van der Waals surface area contributed by atoms with Crippen molar-refractivity contribution in [3.8, 4) is 0 Å². The van der Waals surface area contributed by atoms with E-state index in [1.807, 2.05) is 0 Å². The van der Waals surface area contributed by atoms with Gasteiger partial charge >= 0.3 is 0 Å². The monoisotopic (exact) mass is 236 g/mol. The Morgan fingerprint density at radius 3 is 2.88 bits per heavy atom. The quantitative estimate of drug-likeness (QED) is 0.461. The van der Waals surface area contributed by atoms with Gasteiger partial charge in [-0.25, -0.2) is 15.8 Å². The van der Waals surface area contributed by atoms with E-state index in [-0.39, 0.29) is 0 Å². The van der Waals surface area contributed by atoms with Crippen LogP contribution < -0.4 is 11.3 Å². The van der Waals surface area contributed by atoms with E-state index in [4.69, 9.17) is 10.6 Å². The van der Waals surface area contributed by atoms with E-state index in [1.165, 1.54) is 18.4 Å². The van der Waals surface area contributed by atoms with Crippen molar-refractivity contribution in [2.45, 2.75) is 45.6 Å². The summed E-state index contributed by atoms with van der Waals surface area (Å²) in [5.74, 6) is 7.01.